The van der Waals surface area contributed by atoms with Crippen molar-refractivity contribution < 1.29 is 18.3 Å². The van der Waals surface area contributed by atoms with Crippen LogP contribution in [0, 0.1) is 17.6 Å². The molecule has 0 radical (unpaired) electrons. The lowest BCUT2D eigenvalue weighted by molar-refractivity contribution is -0.129. The molecule has 1 fully saturated rings. The second kappa shape index (κ2) is 8.10. The largest absolute Gasteiger partial charge is 0.494 e. The second-order valence-electron chi connectivity index (χ2n) is 6.35. The normalized spacial score (nSPS) is 16.9. The van der Waals surface area contributed by atoms with Gasteiger partial charge in [-0.3, -0.25) is 4.79 Å². The van der Waals surface area contributed by atoms with Gasteiger partial charge >= 0.3 is 0 Å². The first-order valence-electron chi connectivity index (χ1n) is 8.51. The van der Waals surface area contributed by atoms with Crippen LogP contribution in [0.2, 0.25) is 0 Å². The van der Waals surface area contributed by atoms with Gasteiger partial charge in [-0.2, -0.15) is 0 Å². The van der Waals surface area contributed by atoms with Crippen LogP contribution >= 0.6 is 0 Å². The van der Waals surface area contributed by atoms with E-state index < -0.39 is 0 Å². The summed E-state index contributed by atoms with van der Waals surface area (Å²) in [5.41, 5.74) is 0.440. The first-order valence-corrected chi connectivity index (χ1v) is 8.51. The molecule has 0 N–H and O–H groups in total. The van der Waals surface area contributed by atoms with E-state index in [-0.39, 0.29) is 24.0 Å². The van der Waals surface area contributed by atoms with Gasteiger partial charge in [-0.1, -0.05) is 18.2 Å². The Morgan fingerprint density at radius 3 is 2.64 bits per heavy atom. The Labute approximate surface area is 146 Å². The monoisotopic (exact) mass is 345 g/mol. The molecule has 2 aromatic rings. The van der Waals surface area contributed by atoms with Gasteiger partial charge in [0.2, 0.25) is 5.91 Å². The van der Waals surface area contributed by atoms with Gasteiger partial charge in [-0.05, 0) is 54.7 Å². The van der Waals surface area contributed by atoms with Crippen molar-refractivity contribution in [3.8, 4) is 5.75 Å². The topological polar surface area (TPSA) is 29.5 Å². The predicted molar refractivity (Wildman–Crippen MR) is 91.3 cm³/mol. The number of carbonyl (C=O) groups excluding carboxylic acids is 1. The second-order valence-corrected chi connectivity index (χ2v) is 6.35. The summed E-state index contributed by atoms with van der Waals surface area (Å²) in [7, 11) is 0. The summed E-state index contributed by atoms with van der Waals surface area (Å²) in [4.78, 5) is 14.1. The molecule has 1 amide bonds. The fourth-order valence-corrected chi connectivity index (χ4v) is 3.09. The van der Waals surface area contributed by atoms with Crippen LogP contribution in [-0.2, 0) is 11.2 Å². The highest BCUT2D eigenvalue weighted by Crippen LogP contribution is 2.22. The van der Waals surface area contributed by atoms with Gasteiger partial charge in [0.15, 0.2) is 0 Å². The van der Waals surface area contributed by atoms with E-state index in [1.54, 1.807) is 35.2 Å². The molecule has 5 heteroatoms. The van der Waals surface area contributed by atoms with Gasteiger partial charge < -0.3 is 9.64 Å². The van der Waals surface area contributed by atoms with Crippen LogP contribution in [0.25, 0.3) is 0 Å². The standard InChI is InChI=1S/C20H21F2NO2/c21-17-5-7-18(8-6-17)25-12-10-15-9-11-23(14-15)20(24)13-16-3-1-2-4-19(16)22/h1-8,15H,9-14H2. The number of ether oxygens (including phenoxy) is 1. The molecule has 1 atom stereocenters. The average molecular weight is 345 g/mol. The Kier molecular flexibility index (Phi) is 5.64. The zero-order valence-corrected chi connectivity index (χ0v) is 14.0. The number of hydrogen-bond acceptors (Lipinski definition) is 2. The molecule has 1 saturated heterocycles. The zero-order chi connectivity index (χ0) is 17.6. The average Bonchev–Trinajstić information content (AvgIpc) is 3.08. The summed E-state index contributed by atoms with van der Waals surface area (Å²) in [6.45, 7) is 1.92. The summed E-state index contributed by atoms with van der Waals surface area (Å²) >= 11 is 0. The van der Waals surface area contributed by atoms with E-state index in [4.69, 9.17) is 4.74 Å². The van der Waals surface area contributed by atoms with E-state index in [0.717, 1.165) is 12.8 Å². The van der Waals surface area contributed by atoms with Crippen LogP contribution in [0.5, 0.6) is 5.75 Å². The zero-order valence-electron chi connectivity index (χ0n) is 14.0. The van der Waals surface area contributed by atoms with Gasteiger partial charge in [0.05, 0.1) is 13.0 Å². The molecule has 0 aliphatic carbocycles. The first-order chi connectivity index (χ1) is 12.1. The third-order valence-electron chi connectivity index (χ3n) is 4.55. The lowest BCUT2D eigenvalue weighted by Gasteiger charge is -2.17. The molecule has 132 valence electrons. The molecule has 1 unspecified atom stereocenters. The number of rotatable bonds is 6. The van der Waals surface area contributed by atoms with Gasteiger partial charge in [-0.25, -0.2) is 8.78 Å². The van der Waals surface area contributed by atoms with Gasteiger partial charge in [0.1, 0.15) is 17.4 Å². The summed E-state index contributed by atoms with van der Waals surface area (Å²) in [5, 5.41) is 0. The van der Waals surface area contributed by atoms with Crippen molar-refractivity contribution in [1.29, 1.82) is 0 Å². The molecule has 3 rings (SSSR count). The van der Waals surface area contributed by atoms with Gasteiger partial charge in [-0.15, -0.1) is 0 Å². The van der Waals surface area contributed by atoms with E-state index in [0.29, 0.717) is 36.9 Å². The molecule has 2 aromatic carbocycles. The van der Waals surface area contributed by atoms with E-state index in [1.165, 1.54) is 18.2 Å². The van der Waals surface area contributed by atoms with Crippen molar-refractivity contribution in [2.45, 2.75) is 19.3 Å². The van der Waals surface area contributed by atoms with Crippen molar-refractivity contribution in [2.24, 2.45) is 5.92 Å². The third-order valence-corrected chi connectivity index (χ3v) is 4.55. The predicted octanol–water partition coefficient (Wildman–Crippen LogP) is 3.82. The molecule has 1 heterocycles. The van der Waals surface area contributed by atoms with Crippen molar-refractivity contribution in [3.63, 3.8) is 0 Å². The highest BCUT2D eigenvalue weighted by atomic mass is 19.1. The Balaban J connectivity index is 1.43. The number of carbonyl (C=O) groups is 1. The van der Waals surface area contributed by atoms with Crippen molar-refractivity contribution in [3.05, 3.63) is 65.7 Å². The number of hydrogen-bond donors (Lipinski definition) is 0. The maximum atomic E-state index is 13.7. The fraction of sp³-hybridized carbons (Fsp3) is 0.350. The third kappa shape index (κ3) is 4.78. The molecular weight excluding hydrogens is 324 g/mol. The van der Waals surface area contributed by atoms with Crippen LogP contribution in [0.4, 0.5) is 8.78 Å². The summed E-state index contributed by atoms with van der Waals surface area (Å²) in [5.74, 6) is 0.371. The maximum Gasteiger partial charge on any atom is 0.227 e. The van der Waals surface area contributed by atoms with Crippen LogP contribution in [-0.4, -0.2) is 30.5 Å². The Hall–Kier alpha value is -2.43. The number of nitrogens with zero attached hydrogens (tertiary/aromatic N) is 1. The minimum atomic E-state index is -0.334. The number of benzene rings is 2. The van der Waals surface area contributed by atoms with E-state index in [2.05, 4.69) is 0 Å². The molecule has 1 aliphatic rings. The fourth-order valence-electron chi connectivity index (χ4n) is 3.09. The van der Waals surface area contributed by atoms with Crippen LogP contribution in [0.3, 0.4) is 0 Å². The van der Waals surface area contributed by atoms with Crippen LogP contribution < -0.4 is 4.74 Å². The Bertz CT molecular complexity index is 718. The van der Waals surface area contributed by atoms with E-state index in [9.17, 15) is 13.6 Å². The van der Waals surface area contributed by atoms with Gasteiger partial charge in [0, 0.05) is 13.1 Å². The lowest BCUT2D eigenvalue weighted by Crippen LogP contribution is -2.30. The summed E-state index contributed by atoms with van der Waals surface area (Å²) in [6, 6.07) is 12.3. The first kappa shape index (κ1) is 17.4. The minimum absolute atomic E-state index is 0.0351. The molecule has 25 heavy (non-hydrogen) atoms. The minimum Gasteiger partial charge on any atom is -0.494 e. The smallest absolute Gasteiger partial charge is 0.227 e. The highest BCUT2D eigenvalue weighted by molar-refractivity contribution is 5.79. The van der Waals surface area contributed by atoms with E-state index >= 15 is 0 Å². The maximum absolute atomic E-state index is 13.7. The molecule has 0 bridgehead atoms. The van der Waals surface area contributed by atoms with Crippen molar-refractivity contribution in [1.82, 2.24) is 4.90 Å². The van der Waals surface area contributed by atoms with Gasteiger partial charge in [0.25, 0.3) is 0 Å². The van der Waals surface area contributed by atoms with Crippen molar-refractivity contribution in [2.75, 3.05) is 19.7 Å². The molecule has 0 spiro atoms. The summed E-state index contributed by atoms with van der Waals surface area (Å²) < 4.78 is 32.1. The lowest BCUT2D eigenvalue weighted by atomic mass is 10.1. The molecular formula is C20H21F2NO2. The van der Waals surface area contributed by atoms with E-state index in [1.807, 2.05) is 0 Å². The van der Waals surface area contributed by atoms with Crippen molar-refractivity contribution >= 4 is 5.91 Å². The Morgan fingerprint density at radius 1 is 1.12 bits per heavy atom. The molecule has 3 nitrogen and oxygen atoms in total. The van der Waals surface area contributed by atoms with Crippen LogP contribution in [0.15, 0.2) is 48.5 Å². The number of halogens is 2. The number of likely N-dealkylation sites (tertiary alicyclic amines) is 1. The Morgan fingerprint density at radius 2 is 1.88 bits per heavy atom. The quantitative estimate of drug-likeness (QED) is 0.796. The SMILES string of the molecule is O=C(Cc1ccccc1F)N1CCC(CCOc2ccc(F)cc2)C1. The molecule has 0 saturated carbocycles. The highest BCUT2D eigenvalue weighted by Gasteiger charge is 2.26. The summed E-state index contributed by atoms with van der Waals surface area (Å²) in [6.07, 6.45) is 1.86. The molecule has 0 aromatic heterocycles. The molecule has 1 aliphatic heterocycles. The number of amides is 1. The van der Waals surface area contributed by atoms with Crippen LogP contribution in [0.1, 0.15) is 18.4 Å².